The summed E-state index contributed by atoms with van der Waals surface area (Å²) in [5.41, 5.74) is 1.41. The predicted molar refractivity (Wildman–Crippen MR) is 101 cm³/mol. The third-order valence-corrected chi connectivity index (χ3v) is 4.46. The monoisotopic (exact) mass is 372 g/mol. The average Bonchev–Trinajstić information content (AvgIpc) is 3.19. The molecule has 2 aromatic rings. The number of pyridine rings is 1. The van der Waals surface area contributed by atoms with Crippen molar-refractivity contribution >= 4 is 29.2 Å². The number of carbonyl (C=O) groups is 2. The zero-order valence-corrected chi connectivity index (χ0v) is 15.1. The van der Waals surface area contributed by atoms with Crippen molar-refractivity contribution in [2.45, 2.75) is 19.4 Å². The highest BCUT2D eigenvalue weighted by Gasteiger charge is 2.14. The van der Waals surface area contributed by atoms with Crippen molar-refractivity contribution in [3.8, 4) is 0 Å². The van der Waals surface area contributed by atoms with Gasteiger partial charge in [-0.15, -0.1) is 0 Å². The lowest BCUT2D eigenvalue weighted by atomic mass is 10.2. The molecule has 1 aromatic carbocycles. The number of rotatable bonds is 6. The maximum absolute atomic E-state index is 12.0. The van der Waals surface area contributed by atoms with Crippen LogP contribution in [0.1, 0.15) is 28.8 Å². The number of benzene rings is 1. The summed E-state index contributed by atoms with van der Waals surface area (Å²) in [5.74, 6) is 0.367. The van der Waals surface area contributed by atoms with Crippen molar-refractivity contribution in [1.29, 1.82) is 0 Å². The molecular weight excluding hydrogens is 352 g/mol. The fraction of sp³-hybridized carbons (Fsp3) is 0.316. The van der Waals surface area contributed by atoms with Crippen LogP contribution in [0.5, 0.6) is 0 Å². The molecule has 1 fully saturated rings. The number of amides is 2. The van der Waals surface area contributed by atoms with Gasteiger partial charge in [-0.3, -0.25) is 9.59 Å². The molecule has 2 heterocycles. The second kappa shape index (κ2) is 8.67. The van der Waals surface area contributed by atoms with Gasteiger partial charge in [0.25, 0.3) is 5.91 Å². The average molecular weight is 373 g/mol. The minimum absolute atomic E-state index is 0.0879. The first kappa shape index (κ1) is 18.2. The number of nitrogens with zero attached hydrogens (tertiary/aromatic N) is 2. The SMILES string of the molecule is O=C(CNC(=O)c1cccc(Cl)c1)NCc1ccnc(N2CCCC2)c1. The summed E-state index contributed by atoms with van der Waals surface area (Å²) < 4.78 is 0. The van der Waals surface area contributed by atoms with Crippen LogP contribution in [-0.4, -0.2) is 36.4 Å². The van der Waals surface area contributed by atoms with E-state index in [1.54, 1.807) is 30.5 Å². The molecular formula is C19H21ClN4O2. The van der Waals surface area contributed by atoms with E-state index in [2.05, 4.69) is 20.5 Å². The lowest BCUT2D eigenvalue weighted by Crippen LogP contribution is -2.36. The van der Waals surface area contributed by atoms with Gasteiger partial charge >= 0.3 is 0 Å². The van der Waals surface area contributed by atoms with Crippen molar-refractivity contribution < 1.29 is 9.59 Å². The van der Waals surface area contributed by atoms with Crippen molar-refractivity contribution in [3.63, 3.8) is 0 Å². The van der Waals surface area contributed by atoms with Gasteiger partial charge in [0.2, 0.25) is 5.91 Å². The minimum atomic E-state index is -0.331. The van der Waals surface area contributed by atoms with E-state index in [9.17, 15) is 9.59 Å². The topological polar surface area (TPSA) is 74.3 Å². The first-order valence-corrected chi connectivity index (χ1v) is 9.00. The molecule has 1 aliphatic rings. The number of carbonyl (C=O) groups excluding carboxylic acids is 2. The largest absolute Gasteiger partial charge is 0.357 e. The Hall–Kier alpha value is -2.60. The zero-order valence-electron chi connectivity index (χ0n) is 14.4. The molecule has 26 heavy (non-hydrogen) atoms. The number of halogens is 1. The second-order valence-electron chi connectivity index (χ2n) is 6.19. The quantitative estimate of drug-likeness (QED) is 0.816. The summed E-state index contributed by atoms with van der Waals surface area (Å²) in [7, 11) is 0. The normalized spacial score (nSPS) is 13.5. The van der Waals surface area contributed by atoms with Crippen LogP contribution in [0.3, 0.4) is 0 Å². The molecule has 3 rings (SSSR count). The smallest absolute Gasteiger partial charge is 0.251 e. The predicted octanol–water partition coefficient (Wildman–Crippen LogP) is 2.38. The molecule has 0 atom stereocenters. The maximum atomic E-state index is 12.0. The summed E-state index contributed by atoms with van der Waals surface area (Å²) in [6.45, 7) is 2.36. The summed E-state index contributed by atoms with van der Waals surface area (Å²) >= 11 is 5.86. The van der Waals surface area contributed by atoms with Gasteiger partial charge in [0.1, 0.15) is 5.82 Å². The summed E-state index contributed by atoms with van der Waals surface area (Å²) in [4.78, 5) is 30.6. The first-order chi connectivity index (χ1) is 12.6. The van der Waals surface area contributed by atoms with Gasteiger partial charge in [-0.1, -0.05) is 17.7 Å². The van der Waals surface area contributed by atoms with Gasteiger partial charge in [0.05, 0.1) is 6.54 Å². The fourth-order valence-corrected chi connectivity index (χ4v) is 3.04. The molecule has 1 aliphatic heterocycles. The van der Waals surface area contributed by atoms with Gasteiger partial charge in [-0.05, 0) is 48.7 Å². The van der Waals surface area contributed by atoms with Gasteiger partial charge in [0, 0.05) is 36.4 Å². The van der Waals surface area contributed by atoms with E-state index in [0.717, 1.165) is 24.5 Å². The maximum Gasteiger partial charge on any atom is 0.251 e. The Bertz CT molecular complexity index is 791. The van der Waals surface area contributed by atoms with Crippen molar-refractivity contribution in [2.75, 3.05) is 24.5 Å². The Balaban J connectivity index is 1.47. The molecule has 136 valence electrons. The van der Waals surface area contributed by atoms with Gasteiger partial charge in [0.15, 0.2) is 0 Å². The summed E-state index contributed by atoms with van der Waals surface area (Å²) in [6.07, 6.45) is 4.14. The van der Waals surface area contributed by atoms with E-state index >= 15 is 0 Å². The van der Waals surface area contributed by atoms with Gasteiger partial charge in [-0.25, -0.2) is 4.98 Å². The molecule has 7 heteroatoms. The van der Waals surface area contributed by atoms with Crippen LogP contribution in [0, 0.1) is 0 Å². The Kier molecular flexibility index (Phi) is 6.07. The fourth-order valence-electron chi connectivity index (χ4n) is 2.85. The van der Waals surface area contributed by atoms with Gasteiger partial charge < -0.3 is 15.5 Å². The second-order valence-corrected chi connectivity index (χ2v) is 6.62. The Labute approximate surface area is 157 Å². The number of anilines is 1. The molecule has 0 bridgehead atoms. The highest BCUT2D eigenvalue weighted by Crippen LogP contribution is 2.18. The number of hydrogen-bond donors (Lipinski definition) is 2. The minimum Gasteiger partial charge on any atom is -0.357 e. The number of hydrogen-bond acceptors (Lipinski definition) is 4. The molecule has 0 radical (unpaired) electrons. The Morgan fingerprint density at radius 3 is 2.69 bits per heavy atom. The summed E-state index contributed by atoms with van der Waals surface area (Å²) in [5, 5.41) is 5.88. The molecule has 0 aliphatic carbocycles. The summed E-state index contributed by atoms with van der Waals surface area (Å²) in [6, 6.07) is 10.5. The molecule has 2 N–H and O–H groups in total. The lowest BCUT2D eigenvalue weighted by Gasteiger charge is -2.17. The van der Waals surface area contributed by atoms with Crippen LogP contribution in [0.15, 0.2) is 42.6 Å². The first-order valence-electron chi connectivity index (χ1n) is 8.62. The van der Waals surface area contributed by atoms with Gasteiger partial charge in [-0.2, -0.15) is 0 Å². The van der Waals surface area contributed by atoms with E-state index in [4.69, 9.17) is 11.6 Å². The van der Waals surface area contributed by atoms with Crippen LogP contribution in [0.25, 0.3) is 0 Å². The molecule has 0 unspecified atom stereocenters. The molecule has 1 saturated heterocycles. The molecule has 6 nitrogen and oxygen atoms in total. The third kappa shape index (κ3) is 4.95. The van der Waals surface area contributed by atoms with E-state index < -0.39 is 0 Å². The molecule has 2 amide bonds. The van der Waals surface area contributed by atoms with E-state index in [-0.39, 0.29) is 18.4 Å². The van der Waals surface area contributed by atoms with Crippen LogP contribution >= 0.6 is 11.6 Å². The number of aromatic nitrogens is 1. The molecule has 0 spiro atoms. The van der Waals surface area contributed by atoms with E-state index in [0.29, 0.717) is 17.1 Å². The van der Waals surface area contributed by atoms with E-state index in [1.807, 2.05) is 12.1 Å². The van der Waals surface area contributed by atoms with Crippen LogP contribution < -0.4 is 15.5 Å². The zero-order chi connectivity index (χ0) is 18.4. The van der Waals surface area contributed by atoms with Crippen molar-refractivity contribution in [3.05, 3.63) is 58.7 Å². The number of nitrogens with one attached hydrogen (secondary N) is 2. The van der Waals surface area contributed by atoms with Crippen LogP contribution in [0.2, 0.25) is 5.02 Å². The Morgan fingerprint density at radius 2 is 1.92 bits per heavy atom. The van der Waals surface area contributed by atoms with Crippen LogP contribution in [-0.2, 0) is 11.3 Å². The standard InChI is InChI=1S/C19H21ClN4O2/c20-16-5-3-4-15(11-16)19(26)23-13-18(25)22-12-14-6-7-21-17(10-14)24-8-1-2-9-24/h3-7,10-11H,1-2,8-9,12-13H2,(H,22,25)(H,23,26). The molecule has 0 saturated carbocycles. The highest BCUT2D eigenvalue weighted by molar-refractivity contribution is 6.30. The van der Waals surface area contributed by atoms with Crippen molar-refractivity contribution in [1.82, 2.24) is 15.6 Å². The highest BCUT2D eigenvalue weighted by atomic mass is 35.5. The molecule has 1 aromatic heterocycles. The third-order valence-electron chi connectivity index (χ3n) is 4.23. The van der Waals surface area contributed by atoms with E-state index in [1.165, 1.54) is 12.8 Å². The Morgan fingerprint density at radius 1 is 1.12 bits per heavy atom. The van der Waals surface area contributed by atoms with Crippen LogP contribution in [0.4, 0.5) is 5.82 Å². The lowest BCUT2D eigenvalue weighted by molar-refractivity contribution is -0.120. The van der Waals surface area contributed by atoms with Crippen molar-refractivity contribution in [2.24, 2.45) is 0 Å².